The molecular formula is C10H11N5O2. The molecule has 17 heavy (non-hydrogen) atoms. The molecule has 0 aliphatic rings. The molecular weight excluding hydrogens is 222 g/mol. The van der Waals surface area contributed by atoms with Crippen LogP contribution in [-0.4, -0.2) is 26.4 Å². The molecule has 2 N–H and O–H groups in total. The standard InChI is InChI=1S/C10H11N5O2/c1-2-11-10-9(15(16)17)8(13-6-14-10)7-4-3-5-12-7/h3-6,12H,2H2,1H3,(H,11,13,14). The zero-order chi connectivity index (χ0) is 12.3. The number of rotatable bonds is 4. The third kappa shape index (κ3) is 2.07. The average molecular weight is 233 g/mol. The maximum atomic E-state index is 11.1. The number of hydrogen-bond donors (Lipinski definition) is 2. The van der Waals surface area contributed by atoms with Gasteiger partial charge in [-0.2, -0.15) is 0 Å². The number of H-pyrrole nitrogens is 1. The molecule has 0 unspecified atom stereocenters. The third-order valence-corrected chi connectivity index (χ3v) is 2.20. The summed E-state index contributed by atoms with van der Waals surface area (Å²) in [6, 6.07) is 3.49. The van der Waals surface area contributed by atoms with Crippen molar-refractivity contribution in [1.82, 2.24) is 15.0 Å². The zero-order valence-electron chi connectivity index (χ0n) is 9.17. The number of hydrogen-bond acceptors (Lipinski definition) is 5. The lowest BCUT2D eigenvalue weighted by Gasteiger charge is -2.05. The van der Waals surface area contributed by atoms with Crippen LogP contribution in [-0.2, 0) is 0 Å². The van der Waals surface area contributed by atoms with Gasteiger partial charge in [-0.05, 0) is 19.1 Å². The summed E-state index contributed by atoms with van der Waals surface area (Å²) < 4.78 is 0. The Balaban J connectivity index is 2.59. The molecule has 0 atom stereocenters. The number of aromatic nitrogens is 3. The van der Waals surface area contributed by atoms with Crippen molar-refractivity contribution in [3.63, 3.8) is 0 Å². The smallest absolute Gasteiger partial charge is 0.338 e. The van der Waals surface area contributed by atoms with E-state index in [1.165, 1.54) is 6.33 Å². The van der Waals surface area contributed by atoms with E-state index in [4.69, 9.17) is 0 Å². The van der Waals surface area contributed by atoms with Gasteiger partial charge in [-0.15, -0.1) is 0 Å². The van der Waals surface area contributed by atoms with E-state index in [1.54, 1.807) is 18.3 Å². The van der Waals surface area contributed by atoms with Crippen LogP contribution in [0.1, 0.15) is 6.92 Å². The van der Waals surface area contributed by atoms with Gasteiger partial charge in [0.25, 0.3) is 0 Å². The van der Waals surface area contributed by atoms with Gasteiger partial charge in [0.15, 0.2) is 5.69 Å². The molecule has 2 aromatic rings. The van der Waals surface area contributed by atoms with Crippen LogP contribution in [0.4, 0.5) is 11.5 Å². The van der Waals surface area contributed by atoms with Crippen molar-refractivity contribution in [3.8, 4) is 11.4 Å². The largest absolute Gasteiger partial charge is 0.364 e. The van der Waals surface area contributed by atoms with Crippen LogP contribution in [0.15, 0.2) is 24.7 Å². The van der Waals surface area contributed by atoms with E-state index in [2.05, 4.69) is 20.3 Å². The molecule has 0 amide bonds. The van der Waals surface area contributed by atoms with E-state index in [0.717, 1.165) is 0 Å². The van der Waals surface area contributed by atoms with E-state index in [1.807, 2.05) is 6.92 Å². The summed E-state index contributed by atoms with van der Waals surface area (Å²) in [6.07, 6.45) is 3.00. The van der Waals surface area contributed by atoms with Gasteiger partial charge < -0.3 is 10.3 Å². The van der Waals surface area contributed by atoms with E-state index in [0.29, 0.717) is 12.2 Å². The molecule has 0 aliphatic heterocycles. The minimum atomic E-state index is -0.478. The second-order valence-electron chi connectivity index (χ2n) is 3.29. The molecule has 0 bridgehead atoms. The lowest BCUT2D eigenvalue weighted by molar-refractivity contribution is -0.383. The van der Waals surface area contributed by atoms with Gasteiger partial charge in [0.1, 0.15) is 6.33 Å². The molecule has 0 aromatic carbocycles. The Morgan fingerprint density at radius 2 is 2.35 bits per heavy atom. The first-order chi connectivity index (χ1) is 8.24. The number of anilines is 1. The van der Waals surface area contributed by atoms with E-state index in [-0.39, 0.29) is 17.2 Å². The first kappa shape index (κ1) is 11.1. The molecule has 0 saturated heterocycles. The van der Waals surface area contributed by atoms with Gasteiger partial charge in [-0.3, -0.25) is 10.1 Å². The van der Waals surface area contributed by atoms with E-state index < -0.39 is 4.92 Å². The number of nitrogens with zero attached hydrogens (tertiary/aromatic N) is 3. The fourth-order valence-corrected chi connectivity index (χ4v) is 1.52. The van der Waals surface area contributed by atoms with Gasteiger partial charge in [-0.25, -0.2) is 9.97 Å². The highest BCUT2D eigenvalue weighted by molar-refractivity contribution is 5.74. The van der Waals surface area contributed by atoms with Crippen molar-refractivity contribution >= 4 is 11.5 Å². The summed E-state index contributed by atoms with van der Waals surface area (Å²) >= 11 is 0. The van der Waals surface area contributed by atoms with Crippen LogP contribution in [0.5, 0.6) is 0 Å². The van der Waals surface area contributed by atoms with Gasteiger partial charge in [0.2, 0.25) is 5.82 Å². The molecule has 0 aliphatic carbocycles. The SMILES string of the molecule is CCNc1ncnc(-c2ccc[nH]2)c1[N+](=O)[O-]. The molecule has 0 spiro atoms. The maximum absolute atomic E-state index is 11.1. The molecule has 2 rings (SSSR count). The molecule has 88 valence electrons. The second kappa shape index (κ2) is 4.60. The van der Waals surface area contributed by atoms with Crippen molar-refractivity contribution in [2.24, 2.45) is 0 Å². The summed E-state index contributed by atoms with van der Waals surface area (Å²) in [6.45, 7) is 2.40. The molecule has 2 aromatic heterocycles. The Hall–Kier alpha value is -2.44. The zero-order valence-corrected chi connectivity index (χ0v) is 9.17. The average Bonchev–Trinajstić information content (AvgIpc) is 2.82. The van der Waals surface area contributed by atoms with Crippen molar-refractivity contribution in [2.75, 3.05) is 11.9 Å². The lowest BCUT2D eigenvalue weighted by Crippen LogP contribution is -2.06. The van der Waals surface area contributed by atoms with Crippen LogP contribution in [0.25, 0.3) is 11.4 Å². The highest BCUT2D eigenvalue weighted by Gasteiger charge is 2.23. The second-order valence-corrected chi connectivity index (χ2v) is 3.29. The predicted octanol–water partition coefficient (Wildman–Crippen LogP) is 1.81. The summed E-state index contributed by atoms with van der Waals surface area (Å²) in [5.74, 6) is 0.233. The lowest BCUT2D eigenvalue weighted by atomic mass is 10.2. The molecule has 7 nitrogen and oxygen atoms in total. The van der Waals surface area contributed by atoms with Crippen LogP contribution < -0.4 is 5.32 Å². The minimum absolute atomic E-state index is 0.114. The van der Waals surface area contributed by atoms with E-state index in [9.17, 15) is 10.1 Å². The molecule has 0 radical (unpaired) electrons. The van der Waals surface area contributed by atoms with Crippen LogP contribution in [0, 0.1) is 10.1 Å². The Bertz CT molecular complexity index is 523. The normalized spacial score (nSPS) is 10.2. The maximum Gasteiger partial charge on any atom is 0.338 e. The van der Waals surface area contributed by atoms with Crippen molar-refractivity contribution in [1.29, 1.82) is 0 Å². The monoisotopic (exact) mass is 233 g/mol. The Kier molecular flexibility index (Phi) is 2.99. The van der Waals surface area contributed by atoms with E-state index >= 15 is 0 Å². The number of nitrogens with one attached hydrogen (secondary N) is 2. The van der Waals surface area contributed by atoms with Crippen LogP contribution in [0.3, 0.4) is 0 Å². The number of nitro groups is 1. The van der Waals surface area contributed by atoms with Crippen molar-refractivity contribution < 1.29 is 4.92 Å². The van der Waals surface area contributed by atoms with Crippen molar-refractivity contribution in [3.05, 3.63) is 34.8 Å². The summed E-state index contributed by atoms with van der Waals surface area (Å²) in [5.41, 5.74) is 0.765. The predicted molar refractivity (Wildman–Crippen MR) is 62.6 cm³/mol. The van der Waals surface area contributed by atoms with Gasteiger partial charge in [0, 0.05) is 12.7 Å². The molecule has 2 heterocycles. The van der Waals surface area contributed by atoms with Crippen molar-refractivity contribution in [2.45, 2.75) is 6.92 Å². The van der Waals surface area contributed by atoms with Gasteiger partial charge in [0.05, 0.1) is 10.6 Å². The Morgan fingerprint density at radius 1 is 1.53 bits per heavy atom. The quantitative estimate of drug-likeness (QED) is 0.620. The van der Waals surface area contributed by atoms with Gasteiger partial charge in [-0.1, -0.05) is 0 Å². The first-order valence-electron chi connectivity index (χ1n) is 5.11. The molecule has 7 heteroatoms. The summed E-state index contributed by atoms with van der Waals surface area (Å²) in [7, 11) is 0. The highest BCUT2D eigenvalue weighted by Crippen LogP contribution is 2.31. The van der Waals surface area contributed by atoms with Crippen LogP contribution >= 0.6 is 0 Å². The molecule has 0 fully saturated rings. The first-order valence-corrected chi connectivity index (χ1v) is 5.11. The summed E-state index contributed by atoms with van der Waals surface area (Å²) in [4.78, 5) is 21.3. The Labute approximate surface area is 97.1 Å². The minimum Gasteiger partial charge on any atom is -0.364 e. The fourth-order valence-electron chi connectivity index (χ4n) is 1.52. The number of aromatic amines is 1. The highest BCUT2D eigenvalue weighted by atomic mass is 16.6. The molecule has 0 saturated carbocycles. The van der Waals surface area contributed by atoms with Gasteiger partial charge >= 0.3 is 5.69 Å². The fraction of sp³-hybridized carbons (Fsp3) is 0.200. The topological polar surface area (TPSA) is 96.7 Å². The third-order valence-electron chi connectivity index (χ3n) is 2.20. The summed E-state index contributed by atoms with van der Waals surface area (Å²) in [5, 5.41) is 13.9. The Morgan fingerprint density at radius 3 is 2.94 bits per heavy atom. The van der Waals surface area contributed by atoms with Crippen LogP contribution in [0.2, 0.25) is 0 Å².